The highest BCUT2D eigenvalue weighted by molar-refractivity contribution is 5.73. The molecule has 0 unspecified atom stereocenters. The molecule has 1 aromatic rings. The SMILES string of the molecule is NC(=O)CCCCCc1nn[nH]n1. The van der Waals surface area contributed by atoms with Gasteiger partial charge in [0.15, 0.2) is 5.82 Å². The molecule has 0 saturated heterocycles. The summed E-state index contributed by atoms with van der Waals surface area (Å²) in [4.78, 5) is 10.4. The number of primary amides is 1. The zero-order valence-corrected chi connectivity index (χ0v) is 7.36. The number of amides is 1. The smallest absolute Gasteiger partial charge is 0.217 e. The van der Waals surface area contributed by atoms with Crippen molar-refractivity contribution >= 4 is 5.91 Å². The van der Waals surface area contributed by atoms with Crippen LogP contribution in [0.15, 0.2) is 0 Å². The number of aromatic amines is 1. The summed E-state index contributed by atoms with van der Waals surface area (Å²) in [6, 6.07) is 0. The topological polar surface area (TPSA) is 97.5 Å². The summed E-state index contributed by atoms with van der Waals surface area (Å²) in [5.41, 5.74) is 4.99. The lowest BCUT2D eigenvalue weighted by atomic mass is 10.1. The highest BCUT2D eigenvalue weighted by Gasteiger charge is 1.98. The van der Waals surface area contributed by atoms with Crippen LogP contribution in [-0.4, -0.2) is 26.5 Å². The zero-order valence-electron chi connectivity index (χ0n) is 7.36. The van der Waals surface area contributed by atoms with Gasteiger partial charge in [-0.1, -0.05) is 11.6 Å². The minimum Gasteiger partial charge on any atom is -0.370 e. The van der Waals surface area contributed by atoms with Crippen molar-refractivity contribution in [2.45, 2.75) is 32.1 Å². The predicted octanol–water partition coefficient (Wildman–Crippen LogP) is -0.212. The monoisotopic (exact) mass is 183 g/mol. The highest BCUT2D eigenvalue weighted by atomic mass is 16.1. The maximum Gasteiger partial charge on any atom is 0.217 e. The van der Waals surface area contributed by atoms with Crippen molar-refractivity contribution in [1.82, 2.24) is 20.6 Å². The molecular weight excluding hydrogens is 170 g/mol. The van der Waals surface area contributed by atoms with Crippen LogP contribution in [0.3, 0.4) is 0 Å². The Kier molecular flexibility index (Phi) is 3.87. The quantitative estimate of drug-likeness (QED) is 0.596. The number of rotatable bonds is 6. The van der Waals surface area contributed by atoms with Crippen molar-refractivity contribution in [2.24, 2.45) is 5.73 Å². The number of nitrogens with two attached hydrogens (primary N) is 1. The third kappa shape index (κ3) is 4.19. The molecule has 1 heterocycles. The van der Waals surface area contributed by atoms with Gasteiger partial charge in [0.25, 0.3) is 0 Å². The molecule has 72 valence electrons. The van der Waals surface area contributed by atoms with Crippen molar-refractivity contribution in [2.75, 3.05) is 0 Å². The molecule has 0 saturated carbocycles. The van der Waals surface area contributed by atoms with Gasteiger partial charge in [0.2, 0.25) is 5.91 Å². The molecule has 6 heteroatoms. The fraction of sp³-hybridized carbons (Fsp3) is 0.714. The van der Waals surface area contributed by atoms with E-state index in [-0.39, 0.29) is 5.91 Å². The van der Waals surface area contributed by atoms with Crippen molar-refractivity contribution < 1.29 is 4.79 Å². The molecule has 0 bridgehead atoms. The van der Waals surface area contributed by atoms with E-state index in [4.69, 9.17) is 5.73 Å². The first-order chi connectivity index (χ1) is 6.29. The van der Waals surface area contributed by atoms with Gasteiger partial charge in [0.1, 0.15) is 0 Å². The number of carbonyl (C=O) groups excluding carboxylic acids is 1. The maximum absolute atomic E-state index is 10.4. The molecule has 0 aliphatic heterocycles. The second-order valence-electron chi connectivity index (χ2n) is 2.86. The number of unbranched alkanes of at least 4 members (excludes halogenated alkanes) is 2. The average molecular weight is 183 g/mol. The molecule has 1 amide bonds. The molecule has 1 aromatic heterocycles. The lowest BCUT2D eigenvalue weighted by molar-refractivity contribution is -0.118. The van der Waals surface area contributed by atoms with Crippen LogP contribution in [0.2, 0.25) is 0 Å². The second-order valence-corrected chi connectivity index (χ2v) is 2.86. The number of tetrazole rings is 1. The number of aromatic nitrogens is 4. The third-order valence-electron chi connectivity index (χ3n) is 1.71. The molecular formula is C7H13N5O. The van der Waals surface area contributed by atoms with E-state index in [2.05, 4.69) is 20.6 Å². The van der Waals surface area contributed by atoms with Gasteiger partial charge in [-0.3, -0.25) is 4.79 Å². The molecule has 0 spiro atoms. The van der Waals surface area contributed by atoms with E-state index in [9.17, 15) is 4.79 Å². The second kappa shape index (κ2) is 5.23. The van der Waals surface area contributed by atoms with E-state index < -0.39 is 0 Å². The van der Waals surface area contributed by atoms with Crippen LogP contribution in [-0.2, 0) is 11.2 Å². The molecule has 0 aliphatic rings. The number of hydrogen-bond acceptors (Lipinski definition) is 4. The largest absolute Gasteiger partial charge is 0.370 e. The zero-order chi connectivity index (χ0) is 9.52. The minimum atomic E-state index is -0.237. The first-order valence-electron chi connectivity index (χ1n) is 4.29. The number of nitrogens with zero attached hydrogens (tertiary/aromatic N) is 3. The normalized spacial score (nSPS) is 10.2. The molecule has 0 aromatic carbocycles. The Morgan fingerprint density at radius 2 is 2.23 bits per heavy atom. The molecule has 3 N–H and O–H groups in total. The number of carbonyl (C=O) groups is 1. The average Bonchev–Trinajstić information content (AvgIpc) is 2.55. The molecule has 6 nitrogen and oxygen atoms in total. The van der Waals surface area contributed by atoms with Gasteiger partial charge in [-0.05, 0) is 12.8 Å². The van der Waals surface area contributed by atoms with Gasteiger partial charge >= 0.3 is 0 Å². The standard InChI is InChI=1S/C7H13N5O/c8-6(13)4-2-1-3-5-7-9-11-12-10-7/h1-5H2,(H2,8,13)(H,9,10,11,12). The van der Waals surface area contributed by atoms with Crippen molar-refractivity contribution in [3.8, 4) is 0 Å². The summed E-state index contributed by atoms with van der Waals surface area (Å²) in [7, 11) is 0. The summed E-state index contributed by atoms with van der Waals surface area (Å²) < 4.78 is 0. The lowest BCUT2D eigenvalue weighted by Gasteiger charge is -1.95. The third-order valence-corrected chi connectivity index (χ3v) is 1.71. The molecule has 0 fully saturated rings. The summed E-state index contributed by atoms with van der Waals surface area (Å²) in [6.07, 6.45) is 4.04. The van der Waals surface area contributed by atoms with Crippen LogP contribution in [0.1, 0.15) is 31.5 Å². The van der Waals surface area contributed by atoms with Crippen molar-refractivity contribution in [1.29, 1.82) is 0 Å². The van der Waals surface area contributed by atoms with Crippen LogP contribution in [0.25, 0.3) is 0 Å². The summed E-state index contributed by atoms with van der Waals surface area (Å²) in [5, 5.41) is 13.4. The lowest BCUT2D eigenvalue weighted by Crippen LogP contribution is -2.09. The van der Waals surface area contributed by atoms with Crippen LogP contribution < -0.4 is 5.73 Å². The highest BCUT2D eigenvalue weighted by Crippen LogP contribution is 2.02. The van der Waals surface area contributed by atoms with E-state index in [0.717, 1.165) is 31.5 Å². The summed E-state index contributed by atoms with van der Waals surface area (Å²) in [5.74, 6) is 0.485. The van der Waals surface area contributed by atoms with Crippen LogP contribution in [0, 0.1) is 0 Å². The van der Waals surface area contributed by atoms with Gasteiger partial charge in [-0.25, -0.2) is 0 Å². The number of nitrogens with one attached hydrogen (secondary N) is 1. The molecule has 1 rings (SSSR count). The Hall–Kier alpha value is -1.46. The Balaban J connectivity index is 1.99. The molecule has 13 heavy (non-hydrogen) atoms. The van der Waals surface area contributed by atoms with Gasteiger partial charge in [-0.15, -0.1) is 10.2 Å². The Morgan fingerprint density at radius 3 is 2.85 bits per heavy atom. The molecule has 0 atom stereocenters. The predicted molar refractivity (Wildman–Crippen MR) is 45.5 cm³/mol. The minimum absolute atomic E-state index is 0.237. The first kappa shape index (κ1) is 9.63. The summed E-state index contributed by atoms with van der Waals surface area (Å²) >= 11 is 0. The fourth-order valence-electron chi connectivity index (χ4n) is 1.05. The van der Waals surface area contributed by atoms with Crippen molar-refractivity contribution in [3.05, 3.63) is 5.82 Å². The summed E-state index contributed by atoms with van der Waals surface area (Å²) in [6.45, 7) is 0. The Bertz CT molecular complexity index is 245. The number of hydrogen-bond donors (Lipinski definition) is 2. The van der Waals surface area contributed by atoms with E-state index in [1.807, 2.05) is 0 Å². The maximum atomic E-state index is 10.4. The van der Waals surface area contributed by atoms with Gasteiger partial charge in [-0.2, -0.15) is 5.21 Å². The van der Waals surface area contributed by atoms with Crippen LogP contribution in [0.4, 0.5) is 0 Å². The molecule has 0 radical (unpaired) electrons. The Morgan fingerprint density at radius 1 is 1.38 bits per heavy atom. The van der Waals surface area contributed by atoms with E-state index in [1.165, 1.54) is 0 Å². The first-order valence-corrected chi connectivity index (χ1v) is 4.29. The van der Waals surface area contributed by atoms with Gasteiger partial charge < -0.3 is 5.73 Å². The van der Waals surface area contributed by atoms with Gasteiger partial charge in [0, 0.05) is 12.8 Å². The van der Waals surface area contributed by atoms with Crippen LogP contribution >= 0.6 is 0 Å². The van der Waals surface area contributed by atoms with E-state index in [0.29, 0.717) is 6.42 Å². The number of aryl methyl sites for hydroxylation is 1. The van der Waals surface area contributed by atoms with E-state index in [1.54, 1.807) is 0 Å². The molecule has 0 aliphatic carbocycles. The Labute approximate surface area is 75.9 Å². The fourth-order valence-corrected chi connectivity index (χ4v) is 1.05. The van der Waals surface area contributed by atoms with Crippen molar-refractivity contribution in [3.63, 3.8) is 0 Å². The van der Waals surface area contributed by atoms with Crippen LogP contribution in [0.5, 0.6) is 0 Å². The van der Waals surface area contributed by atoms with E-state index >= 15 is 0 Å². The number of H-pyrrole nitrogens is 1. The van der Waals surface area contributed by atoms with Gasteiger partial charge in [0.05, 0.1) is 0 Å².